The molecule has 6 heteroatoms. The summed E-state index contributed by atoms with van der Waals surface area (Å²) in [5.74, 6) is -2.13. The van der Waals surface area contributed by atoms with E-state index < -0.39 is 17.8 Å². The number of fused-ring (bicyclic) bond motifs is 2. The molecule has 0 saturated carbocycles. The van der Waals surface area contributed by atoms with E-state index in [-0.39, 0.29) is 18.1 Å². The van der Waals surface area contributed by atoms with Crippen LogP contribution in [0.5, 0.6) is 0 Å². The van der Waals surface area contributed by atoms with Crippen LogP contribution < -0.4 is 4.90 Å². The Morgan fingerprint density at radius 2 is 1.69 bits per heavy atom. The fourth-order valence-corrected chi connectivity index (χ4v) is 4.76. The molecule has 1 amide bonds. The summed E-state index contributed by atoms with van der Waals surface area (Å²) in [4.78, 5) is 28.8. The molecule has 3 saturated heterocycles. The van der Waals surface area contributed by atoms with Gasteiger partial charge >= 0.3 is 5.97 Å². The standard InChI is InChI=1S/C20H26N2O4/c1-12-4-3-5-14(13(12)2)21-8-10-22(11-9-21)19(23)17-15-6-7-16(26-15)18(17)20(24)25/h3-5,15-18H,6-11H2,1-2H3,(H,24,25)/t15-,16-,17-,18-/m1/s1. The normalized spacial score (nSPS) is 30.7. The van der Waals surface area contributed by atoms with Crippen molar-refractivity contribution in [3.63, 3.8) is 0 Å². The van der Waals surface area contributed by atoms with Crippen LogP contribution in [0, 0.1) is 25.7 Å². The van der Waals surface area contributed by atoms with Crippen LogP contribution in [0.1, 0.15) is 24.0 Å². The number of hydrogen-bond donors (Lipinski definition) is 1. The van der Waals surface area contributed by atoms with Gasteiger partial charge < -0.3 is 19.6 Å². The third kappa shape index (κ3) is 2.76. The Morgan fingerprint density at radius 3 is 2.35 bits per heavy atom. The molecule has 0 aromatic heterocycles. The first-order chi connectivity index (χ1) is 12.5. The number of ether oxygens (including phenoxy) is 1. The van der Waals surface area contributed by atoms with Gasteiger partial charge in [0.2, 0.25) is 5.91 Å². The van der Waals surface area contributed by atoms with Gasteiger partial charge in [-0.25, -0.2) is 0 Å². The number of aliphatic carboxylic acids is 1. The Labute approximate surface area is 153 Å². The van der Waals surface area contributed by atoms with Gasteiger partial charge in [0.15, 0.2) is 0 Å². The van der Waals surface area contributed by atoms with Crippen LogP contribution in [0.25, 0.3) is 0 Å². The van der Waals surface area contributed by atoms with Crippen molar-refractivity contribution in [3.05, 3.63) is 29.3 Å². The maximum Gasteiger partial charge on any atom is 0.310 e. The lowest BCUT2D eigenvalue weighted by Gasteiger charge is -2.39. The molecular weight excluding hydrogens is 332 g/mol. The van der Waals surface area contributed by atoms with Crippen LogP contribution in [-0.4, -0.2) is 60.3 Å². The average molecular weight is 358 g/mol. The van der Waals surface area contributed by atoms with Gasteiger partial charge in [-0.05, 0) is 43.9 Å². The third-order valence-electron chi connectivity index (χ3n) is 6.35. The van der Waals surface area contributed by atoms with Crippen LogP contribution in [0.15, 0.2) is 18.2 Å². The molecule has 140 valence electrons. The fraction of sp³-hybridized carbons (Fsp3) is 0.600. The molecule has 4 atom stereocenters. The van der Waals surface area contributed by atoms with Crippen molar-refractivity contribution in [1.82, 2.24) is 4.90 Å². The molecule has 3 heterocycles. The summed E-state index contributed by atoms with van der Waals surface area (Å²) in [7, 11) is 0. The van der Waals surface area contributed by atoms with E-state index in [4.69, 9.17) is 4.74 Å². The van der Waals surface area contributed by atoms with Gasteiger partial charge in [0, 0.05) is 31.9 Å². The van der Waals surface area contributed by atoms with Crippen molar-refractivity contribution in [2.45, 2.75) is 38.9 Å². The maximum absolute atomic E-state index is 13.0. The number of carbonyl (C=O) groups is 2. The van der Waals surface area contributed by atoms with Crippen LogP contribution in [0.4, 0.5) is 5.69 Å². The molecule has 1 N–H and O–H groups in total. The minimum atomic E-state index is -0.899. The first-order valence-corrected chi connectivity index (χ1v) is 9.45. The van der Waals surface area contributed by atoms with Crippen LogP contribution in [0.2, 0.25) is 0 Å². The number of piperazine rings is 1. The zero-order valence-corrected chi connectivity index (χ0v) is 15.4. The second-order valence-electron chi connectivity index (χ2n) is 7.71. The average Bonchev–Trinajstić information content (AvgIpc) is 3.25. The monoisotopic (exact) mass is 358 g/mol. The lowest BCUT2D eigenvalue weighted by molar-refractivity contribution is -0.151. The molecule has 6 nitrogen and oxygen atoms in total. The number of amides is 1. The number of anilines is 1. The van der Waals surface area contributed by atoms with Crippen molar-refractivity contribution < 1.29 is 19.4 Å². The number of nitrogens with zero attached hydrogens (tertiary/aromatic N) is 2. The second kappa shape index (κ2) is 6.58. The van der Waals surface area contributed by atoms with Crippen molar-refractivity contribution >= 4 is 17.6 Å². The molecule has 4 rings (SSSR count). The first-order valence-electron chi connectivity index (χ1n) is 9.45. The Morgan fingerprint density at radius 1 is 1.04 bits per heavy atom. The van der Waals surface area contributed by atoms with Gasteiger partial charge in [0.05, 0.1) is 24.0 Å². The Kier molecular flexibility index (Phi) is 4.39. The molecular formula is C20H26N2O4. The van der Waals surface area contributed by atoms with Crippen LogP contribution >= 0.6 is 0 Å². The smallest absolute Gasteiger partial charge is 0.310 e. The van der Waals surface area contributed by atoms with E-state index in [9.17, 15) is 14.7 Å². The zero-order chi connectivity index (χ0) is 18.4. The quantitative estimate of drug-likeness (QED) is 0.893. The molecule has 2 bridgehead atoms. The van der Waals surface area contributed by atoms with E-state index in [0.717, 1.165) is 25.9 Å². The van der Waals surface area contributed by atoms with E-state index >= 15 is 0 Å². The highest BCUT2D eigenvalue weighted by molar-refractivity contribution is 5.87. The molecule has 26 heavy (non-hydrogen) atoms. The number of carboxylic acids is 1. The predicted molar refractivity (Wildman–Crippen MR) is 97.2 cm³/mol. The Balaban J connectivity index is 1.44. The van der Waals surface area contributed by atoms with E-state index in [1.165, 1.54) is 16.8 Å². The molecule has 0 aliphatic carbocycles. The molecule has 1 aromatic rings. The number of aryl methyl sites for hydroxylation is 1. The third-order valence-corrected chi connectivity index (χ3v) is 6.35. The summed E-state index contributed by atoms with van der Waals surface area (Å²) in [6.07, 6.45) is 1.05. The summed E-state index contributed by atoms with van der Waals surface area (Å²) in [6, 6.07) is 6.31. The summed E-state index contributed by atoms with van der Waals surface area (Å²) in [5.41, 5.74) is 3.77. The minimum absolute atomic E-state index is 0.0368. The number of hydrogen-bond acceptors (Lipinski definition) is 4. The van der Waals surface area contributed by atoms with E-state index in [0.29, 0.717) is 13.1 Å². The number of benzene rings is 1. The zero-order valence-electron chi connectivity index (χ0n) is 15.4. The predicted octanol–water partition coefficient (Wildman–Crippen LogP) is 1.83. The summed E-state index contributed by atoms with van der Waals surface area (Å²) >= 11 is 0. The first kappa shape index (κ1) is 17.3. The highest BCUT2D eigenvalue weighted by Gasteiger charge is 2.56. The summed E-state index contributed by atoms with van der Waals surface area (Å²) < 4.78 is 5.75. The number of carboxylic acid groups (broad SMARTS) is 1. The maximum atomic E-state index is 13.0. The largest absolute Gasteiger partial charge is 0.481 e. The summed E-state index contributed by atoms with van der Waals surface area (Å²) in [5, 5.41) is 9.54. The van der Waals surface area contributed by atoms with Gasteiger partial charge in [0.25, 0.3) is 0 Å². The lowest BCUT2D eigenvalue weighted by Crippen LogP contribution is -2.53. The SMILES string of the molecule is Cc1cccc(N2CCN(C(=O)[C@H]3[C@H](C(=O)O)[C@H]4CC[C@H]3O4)CC2)c1C. The highest BCUT2D eigenvalue weighted by atomic mass is 16.5. The fourth-order valence-electron chi connectivity index (χ4n) is 4.76. The Bertz CT molecular complexity index is 727. The molecule has 0 unspecified atom stereocenters. The second-order valence-corrected chi connectivity index (χ2v) is 7.71. The molecule has 0 spiro atoms. The van der Waals surface area contributed by atoms with Crippen LogP contribution in [0.3, 0.4) is 0 Å². The van der Waals surface area contributed by atoms with Crippen molar-refractivity contribution in [3.8, 4) is 0 Å². The molecule has 1 aromatic carbocycles. The topological polar surface area (TPSA) is 70.1 Å². The van der Waals surface area contributed by atoms with Crippen molar-refractivity contribution in [2.24, 2.45) is 11.8 Å². The van der Waals surface area contributed by atoms with Gasteiger partial charge in [-0.1, -0.05) is 12.1 Å². The van der Waals surface area contributed by atoms with E-state index in [2.05, 4.69) is 36.9 Å². The lowest BCUT2D eigenvalue weighted by atomic mass is 9.78. The van der Waals surface area contributed by atoms with Crippen LogP contribution in [-0.2, 0) is 14.3 Å². The van der Waals surface area contributed by atoms with Gasteiger partial charge in [0.1, 0.15) is 0 Å². The molecule has 3 aliphatic heterocycles. The van der Waals surface area contributed by atoms with E-state index in [1.54, 1.807) is 0 Å². The number of carbonyl (C=O) groups excluding carboxylic acids is 1. The molecule has 3 fully saturated rings. The Hall–Kier alpha value is -2.08. The van der Waals surface area contributed by atoms with Crippen molar-refractivity contribution in [1.29, 1.82) is 0 Å². The van der Waals surface area contributed by atoms with Crippen molar-refractivity contribution in [2.75, 3.05) is 31.1 Å². The van der Waals surface area contributed by atoms with Gasteiger partial charge in [-0.2, -0.15) is 0 Å². The van der Waals surface area contributed by atoms with Gasteiger partial charge in [-0.3, -0.25) is 9.59 Å². The molecule has 0 radical (unpaired) electrons. The number of rotatable bonds is 3. The summed E-state index contributed by atoms with van der Waals surface area (Å²) in [6.45, 7) is 7.05. The van der Waals surface area contributed by atoms with Gasteiger partial charge in [-0.15, -0.1) is 0 Å². The minimum Gasteiger partial charge on any atom is -0.481 e. The molecule has 3 aliphatic rings. The van der Waals surface area contributed by atoms with E-state index in [1.807, 2.05) is 4.90 Å². The highest BCUT2D eigenvalue weighted by Crippen LogP contribution is 2.44.